The Labute approximate surface area is 102 Å². The van der Waals surface area contributed by atoms with Gasteiger partial charge < -0.3 is 10.0 Å². The van der Waals surface area contributed by atoms with Gasteiger partial charge >= 0.3 is 6.09 Å². The molecule has 7 heteroatoms. The third-order valence-corrected chi connectivity index (χ3v) is 3.37. The summed E-state index contributed by atoms with van der Waals surface area (Å²) in [5.74, 6) is 0. The average Bonchev–Trinajstić information content (AvgIpc) is 2.43. The predicted molar refractivity (Wildman–Crippen MR) is 62.3 cm³/mol. The molecule has 6 nitrogen and oxygen atoms in total. The van der Waals surface area contributed by atoms with Gasteiger partial charge in [0.15, 0.2) is 0 Å². The SMILES string of the molecule is CC(C)(C)[C@H]1C(OS(C)(=O)=O)CCN1C(=O)O. The van der Waals surface area contributed by atoms with E-state index >= 15 is 0 Å². The monoisotopic (exact) mass is 265 g/mol. The van der Waals surface area contributed by atoms with Crippen LogP contribution in [0, 0.1) is 5.41 Å². The molecule has 2 atom stereocenters. The maximum atomic E-state index is 11.1. The molecule has 0 aromatic carbocycles. The van der Waals surface area contributed by atoms with E-state index in [2.05, 4.69) is 0 Å². The Morgan fingerprint density at radius 3 is 2.29 bits per heavy atom. The molecule has 0 aliphatic carbocycles. The minimum atomic E-state index is -3.57. The van der Waals surface area contributed by atoms with Gasteiger partial charge in [-0.05, 0) is 11.8 Å². The second-order valence-electron chi connectivity index (χ2n) is 5.41. The minimum Gasteiger partial charge on any atom is -0.465 e. The predicted octanol–water partition coefficient (Wildman–Crippen LogP) is 1.13. The lowest BCUT2D eigenvalue weighted by molar-refractivity contribution is 0.0602. The van der Waals surface area contributed by atoms with Gasteiger partial charge in [-0.2, -0.15) is 8.42 Å². The van der Waals surface area contributed by atoms with Crippen LogP contribution < -0.4 is 0 Å². The molecule has 17 heavy (non-hydrogen) atoms. The smallest absolute Gasteiger partial charge is 0.407 e. The molecule has 1 aliphatic heterocycles. The molecule has 1 heterocycles. The second kappa shape index (κ2) is 4.45. The molecule has 100 valence electrons. The summed E-state index contributed by atoms with van der Waals surface area (Å²) in [6.07, 6.45) is -0.247. The van der Waals surface area contributed by atoms with E-state index in [1.807, 2.05) is 20.8 Å². The van der Waals surface area contributed by atoms with Crippen molar-refractivity contribution in [1.82, 2.24) is 4.90 Å². The normalized spacial score (nSPS) is 26.2. The summed E-state index contributed by atoms with van der Waals surface area (Å²) in [5.41, 5.74) is -0.371. The highest BCUT2D eigenvalue weighted by molar-refractivity contribution is 7.86. The van der Waals surface area contributed by atoms with Crippen molar-refractivity contribution in [3.63, 3.8) is 0 Å². The number of hydrogen-bond donors (Lipinski definition) is 1. The molecule has 0 bridgehead atoms. The Morgan fingerprint density at radius 1 is 1.41 bits per heavy atom. The van der Waals surface area contributed by atoms with Crippen LogP contribution in [0.4, 0.5) is 4.79 Å². The third kappa shape index (κ3) is 3.57. The zero-order chi connectivity index (χ0) is 13.4. The Bertz CT molecular complexity index is 397. The van der Waals surface area contributed by atoms with Crippen molar-refractivity contribution in [2.45, 2.75) is 39.3 Å². The van der Waals surface area contributed by atoms with Crippen LogP contribution in [0.3, 0.4) is 0 Å². The van der Waals surface area contributed by atoms with Crippen molar-refractivity contribution < 1.29 is 22.5 Å². The lowest BCUT2D eigenvalue weighted by Gasteiger charge is -2.36. The average molecular weight is 265 g/mol. The Kier molecular flexibility index (Phi) is 3.73. The summed E-state index contributed by atoms with van der Waals surface area (Å²) < 4.78 is 27.3. The first kappa shape index (κ1) is 14.2. The zero-order valence-corrected chi connectivity index (χ0v) is 11.3. The molecule has 1 unspecified atom stereocenters. The van der Waals surface area contributed by atoms with Gasteiger partial charge in [-0.1, -0.05) is 20.8 Å². The van der Waals surface area contributed by atoms with Crippen LogP contribution >= 0.6 is 0 Å². The van der Waals surface area contributed by atoms with Crippen molar-refractivity contribution in [3.05, 3.63) is 0 Å². The molecule has 0 saturated carbocycles. The van der Waals surface area contributed by atoms with Crippen LogP contribution in [0.5, 0.6) is 0 Å². The fourth-order valence-corrected chi connectivity index (χ4v) is 2.98. The standard InChI is InChI=1S/C10H19NO5S/c1-10(2,3)8-7(16-17(4,14)15)5-6-11(8)9(12)13/h7-8H,5-6H2,1-4H3,(H,12,13)/t7?,8-/m1/s1. The Hall–Kier alpha value is -0.820. The summed E-state index contributed by atoms with van der Waals surface area (Å²) in [4.78, 5) is 12.4. The molecule has 1 fully saturated rings. The highest BCUT2D eigenvalue weighted by Gasteiger charge is 2.45. The molecule has 0 aromatic heterocycles. The van der Waals surface area contributed by atoms with E-state index in [0.717, 1.165) is 6.26 Å². The Balaban J connectivity index is 2.97. The van der Waals surface area contributed by atoms with Gasteiger partial charge in [0.25, 0.3) is 10.1 Å². The lowest BCUT2D eigenvalue weighted by Crippen LogP contribution is -2.48. The van der Waals surface area contributed by atoms with Crippen LogP contribution in [0.25, 0.3) is 0 Å². The van der Waals surface area contributed by atoms with Crippen molar-refractivity contribution in [3.8, 4) is 0 Å². The molecule has 1 aliphatic rings. The van der Waals surface area contributed by atoms with Gasteiger partial charge in [-0.25, -0.2) is 4.79 Å². The minimum absolute atomic E-state index is 0.303. The number of rotatable bonds is 2. The van der Waals surface area contributed by atoms with Crippen LogP contribution in [0.15, 0.2) is 0 Å². The summed E-state index contributed by atoms with van der Waals surface area (Å²) in [6, 6.07) is -0.449. The number of carboxylic acid groups (broad SMARTS) is 1. The van der Waals surface area contributed by atoms with Crippen LogP contribution in [0.2, 0.25) is 0 Å². The van der Waals surface area contributed by atoms with E-state index in [4.69, 9.17) is 9.29 Å². The molecular weight excluding hydrogens is 246 g/mol. The van der Waals surface area contributed by atoms with Gasteiger partial charge in [0.05, 0.1) is 18.4 Å². The third-order valence-electron chi connectivity index (χ3n) is 2.77. The van der Waals surface area contributed by atoms with Gasteiger partial charge in [0.2, 0.25) is 0 Å². The summed E-state index contributed by atoms with van der Waals surface area (Å²) in [5, 5.41) is 9.08. The highest BCUT2D eigenvalue weighted by Crippen LogP contribution is 2.35. The van der Waals surface area contributed by atoms with Crippen molar-refractivity contribution in [1.29, 1.82) is 0 Å². The van der Waals surface area contributed by atoms with Crippen LogP contribution in [0.1, 0.15) is 27.2 Å². The van der Waals surface area contributed by atoms with Crippen molar-refractivity contribution in [2.24, 2.45) is 5.41 Å². The molecule has 0 spiro atoms. The fourth-order valence-electron chi connectivity index (χ4n) is 2.33. The first-order valence-corrected chi connectivity index (χ1v) is 7.22. The van der Waals surface area contributed by atoms with Gasteiger partial charge in [0.1, 0.15) is 0 Å². The molecule has 1 amide bonds. The van der Waals surface area contributed by atoms with Gasteiger partial charge in [-0.3, -0.25) is 4.18 Å². The summed E-state index contributed by atoms with van der Waals surface area (Å²) in [6.45, 7) is 5.92. The maximum absolute atomic E-state index is 11.1. The van der Waals surface area contributed by atoms with Gasteiger partial charge in [-0.15, -0.1) is 0 Å². The first-order valence-electron chi connectivity index (χ1n) is 5.40. The van der Waals surface area contributed by atoms with Crippen molar-refractivity contribution in [2.75, 3.05) is 12.8 Å². The maximum Gasteiger partial charge on any atom is 0.407 e. The van der Waals surface area contributed by atoms with E-state index in [9.17, 15) is 13.2 Å². The molecule has 1 saturated heterocycles. The topological polar surface area (TPSA) is 83.9 Å². The van der Waals surface area contributed by atoms with Crippen molar-refractivity contribution >= 4 is 16.2 Å². The quantitative estimate of drug-likeness (QED) is 0.757. The molecule has 0 radical (unpaired) electrons. The molecule has 1 rings (SSSR count). The number of hydrogen-bond acceptors (Lipinski definition) is 4. The Morgan fingerprint density at radius 2 is 1.94 bits per heavy atom. The number of carbonyl (C=O) groups is 1. The fraction of sp³-hybridized carbons (Fsp3) is 0.900. The summed E-state index contributed by atoms with van der Waals surface area (Å²) >= 11 is 0. The largest absolute Gasteiger partial charge is 0.465 e. The van der Waals surface area contributed by atoms with Gasteiger partial charge in [0, 0.05) is 6.54 Å². The van der Waals surface area contributed by atoms with E-state index in [-0.39, 0.29) is 5.41 Å². The van der Waals surface area contributed by atoms with Crippen LogP contribution in [-0.4, -0.2) is 49.5 Å². The first-order chi connectivity index (χ1) is 7.52. The molecule has 0 aromatic rings. The summed E-state index contributed by atoms with van der Waals surface area (Å²) in [7, 11) is -3.57. The van der Waals surface area contributed by atoms with Crippen LogP contribution in [-0.2, 0) is 14.3 Å². The second-order valence-corrected chi connectivity index (χ2v) is 7.02. The van der Waals surface area contributed by atoms with E-state index in [1.165, 1.54) is 4.90 Å². The number of likely N-dealkylation sites (tertiary alicyclic amines) is 1. The lowest BCUT2D eigenvalue weighted by atomic mass is 9.84. The molecule has 1 N–H and O–H groups in total. The molecular formula is C10H19NO5S. The number of nitrogens with zero attached hydrogens (tertiary/aromatic N) is 1. The van der Waals surface area contributed by atoms with E-state index < -0.39 is 28.4 Å². The van der Waals surface area contributed by atoms with E-state index in [0.29, 0.717) is 13.0 Å². The highest BCUT2D eigenvalue weighted by atomic mass is 32.2. The number of amides is 1. The van der Waals surface area contributed by atoms with E-state index in [1.54, 1.807) is 0 Å². The zero-order valence-electron chi connectivity index (χ0n) is 10.5.